The Morgan fingerprint density at radius 2 is 1.88 bits per heavy atom. The second-order valence-electron chi connectivity index (χ2n) is 5.11. The molecule has 0 fully saturated rings. The molecule has 2 aromatic rings. The minimum atomic E-state index is -1.02. The van der Waals surface area contributed by atoms with E-state index in [0.717, 1.165) is 9.13 Å². The van der Waals surface area contributed by atoms with E-state index in [-0.39, 0.29) is 11.1 Å². The molecule has 6 nitrogen and oxygen atoms in total. The predicted molar refractivity (Wildman–Crippen MR) is 103 cm³/mol. The number of carboxylic acid groups (broad SMARTS) is 1. The van der Waals surface area contributed by atoms with Crippen LogP contribution in [-0.4, -0.2) is 17.0 Å². The quantitative estimate of drug-likeness (QED) is 0.368. The molecule has 2 aromatic carbocycles. The van der Waals surface area contributed by atoms with Crippen molar-refractivity contribution >= 4 is 45.8 Å². The van der Waals surface area contributed by atoms with Crippen molar-refractivity contribution in [1.82, 2.24) is 0 Å². The van der Waals surface area contributed by atoms with Gasteiger partial charge in [-0.3, -0.25) is 4.79 Å². The van der Waals surface area contributed by atoms with E-state index in [1.165, 1.54) is 18.3 Å². The van der Waals surface area contributed by atoms with Gasteiger partial charge >= 0.3 is 5.97 Å². The Bertz CT molecular complexity index is 883. The summed E-state index contributed by atoms with van der Waals surface area (Å²) >= 11 is 2.18. The number of nitriles is 1. The van der Waals surface area contributed by atoms with Gasteiger partial charge in [0.05, 0.1) is 5.56 Å². The molecule has 1 amide bonds. The molecular weight excluding hydrogens is 433 g/mol. The SMILES string of the molecule is Cc1cc(I)ccc1NC(=O)/C(C#N)=C\Nc1ccc(C(=O)O)cc1. The first-order valence-corrected chi connectivity index (χ1v) is 8.26. The van der Waals surface area contributed by atoms with Crippen molar-refractivity contribution in [1.29, 1.82) is 5.26 Å². The van der Waals surface area contributed by atoms with Crippen LogP contribution in [-0.2, 0) is 4.79 Å². The van der Waals surface area contributed by atoms with Crippen LogP contribution in [0, 0.1) is 21.8 Å². The summed E-state index contributed by atoms with van der Waals surface area (Å²) in [5.74, 6) is -1.55. The zero-order valence-electron chi connectivity index (χ0n) is 13.2. The molecule has 2 rings (SSSR count). The number of hydrogen-bond donors (Lipinski definition) is 3. The number of amides is 1. The third-order valence-corrected chi connectivity index (χ3v) is 3.99. The summed E-state index contributed by atoms with van der Waals surface area (Å²) in [4.78, 5) is 23.0. The average Bonchev–Trinajstić information content (AvgIpc) is 2.58. The Balaban J connectivity index is 2.09. The molecule has 0 unspecified atom stereocenters. The van der Waals surface area contributed by atoms with Crippen molar-refractivity contribution in [2.24, 2.45) is 0 Å². The van der Waals surface area contributed by atoms with Crippen molar-refractivity contribution in [3.8, 4) is 6.07 Å². The Kier molecular flexibility index (Phi) is 6.14. The average molecular weight is 447 g/mol. The van der Waals surface area contributed by atoms with Crippen molar-refractivity contribution in [3.05, 3.63) is 68.9 Å². The maximum atomic E-state index is 12.2. The monoisotopic (exact) mass is 447 g/mol. The number of aromatic carboxylic acids is 1. The lowest BCUT2D eigenvalue weighted by Gasteiger charge is -2.08. The fraction of sp³-hybridized carbons (Fsp3) is 0.0556. The summed E-state index contributed by atoms with van der Waals surface area (Å²) in [7, 11) is 0. The number of halogens is 1. The second-order valence-corrected chi connectivity index (χ2v) is 6.36. The van der Waals surface area contributed by atoms with Gasteiger partial charge in [-0.05, 0) is 77.5 Å². The van der Waals surface area contributed by atoms with Crippen LogP contribution < -0.4 is 10.6 Å². The van der Waals surface area contributed by atoms with Crippen molar-refractivity contribution < 1.29 is 14.7 Å². The van der Waals surface area contributed by atoms with E-state index < -0.39 is 11.9 Å². The largest absolute Gasteiger partial charge is 0.478 e. The number of carbonyl (C=O) groups is 2. The first kappa shape index (κ1) is 18.5. The van der Waals surface area contributed by atoms with Gasteiger partial charge in [0.2, 0.25) is 0 Å². The van der Waals surface area contributed by atoms with E-state index in [9.17, 15) is 14.9 Å². The topological polar surface area (TPSA) is 102 Å². The second kappa shape index (κ2) is 8.30. The highest BCUT2D eigenvalue weighted by molar-refractivity contribution is 14.1. The number of aryl methyl sites for hydroxylation is 1. The molecule has 0 atom stereocenters. The highest BCUT2D eigenvalue weighted by Crippen LogP contribution is 2.18. The van der Waals surface area contributed by atoms with Gasteiger partial charge < -0.3 is 15.7 Å². The van der Waals surface area contributed by atoms with Crippen molar-refractivity contribution in [2.75, 3.05) is 10.6 Å². The van der Waals surface area contributed by atoms with Gasteiger partial charge in [-0.15, -0.1) is 0 Å². The van der Waals surface area contributed by atoms with Gasteiger partial charge in [-0.1, -0.05) is 0 Å². The lowest BCUT2D eigenvalue weighted by molar-refractivity contribution is -0.112. The number of benzene rings is 2. The molecule has 0 heterocycles. The fourth-order valence-corrected chi connectivity index (χ4v) is 2.62. The van der Waals surface area contributed by atoms with E-state index >= 15 is 0 Å². The zero-order valence-corrected chi connectivity index (χ0v) is 15.4. The van der Waals surface area contributed by atoms with Gasteiger partial charge in [0.25, 0.3) is 5.91 Å². The normalized spacial score (nSPS) is 10.7. The molecule has 0 saturated carbocycles. The zero-order chi connectivity index (χ0) is 18.4. The summed E-state index contributed by atoms with van der Waals surface area (Å²) in [5.41, 5.74) is 2.16. The number of hydrogen-bond acceptors (Lipinski definition) is 4. The molecule has 0 saturated heterocycles. The highest BCUT2D eigenvalue weighted by Gasteiger charge is 2.11. The molecule has 25 heavy (non-hydrogen) atoms. The summed E-state index contributed by atoms with van der Waals surface area (Å²) in [5, 5.41) is 23.6. The van der Waals surface area contributed by atoms with E-state index in [1.807, 2.05) is 25.1 Å². The number of carboxylic acids is 1. The molecule has 0 aliphatic carbocycles. The number of rotatable bonds is 5. The molecule has 126 valence electrons. The minimum absolute atomic E-state index is 0.0970. The van der Waals surface area contributed by atoms with E-state index in [4.69, 9.17) is 5.11 Å². The summed E-state index contributed by atoms with van der Waals surface area (Å²) in [6, 6.07) is 13.4. The fourth-order valence-electron chi connectivity index (χ4n) is 1.97. The number of nitrogens with zero attached hydrogens (tertiary/aromatic N) is 1. The molecule has 3 N–H and O–H groups in total. The third-order valence-electron chi connectivity index (χ3n) is 3.32. The van der Waals surface area contributed by atoms with Crippen LogP contribution in [0.3, 0.4) is 0 Å². The molecule has 0 aliphatic heterocycles. The van der Waals surface area contributed by atoms with Gasteiger partial charge in [-0.25, -0.2) is 4.79 Å². The molecule has 0 radical (unpaired) electrons. The summed E-state index contributed by atoms with van der Waals surface area (Å²) in [6.45, 7) is 1.87. The summed E-state index contributed by atoms with van der Waals surface area (Å²) in [6.07, 6.45) is 1.28. The van der Waals surface area contributed by atoms with E-state index in [0.29, 0.717) is 11.4 Å². The maximum Gasteiger partial charge on any atom is 0.335 e. The highest BCUT2D eigenvalue weighted by atomic mass is 127. The molecule has 0 aliphatic rings. The van der Waals surface area contributed by atoms with Gasteiger partial charge in [-0.2, -0.15) is 5.26 Å². The van der Waals surface area contributed by atoms with Crippen LogP contribution in [0.15, 0.2) is 54.2 Å². The standard InChI is InChI=1S/C18H14IN3O3/c1-11-8-14(19)4-7-16(11)22-17(23)13(9-20)10-21-15-5-2-12(3-6-15)18(24)25/h2-8,10,21H,1H3,(H,22,23)(H,24,25)/b13-10-. The van der Waals surface area contributed by atoms with Crippen molar-refractivity contribution in [2.45, 2.75) is 6.92 Å². The summed E-state index contributed by atoms with van der Waals surface area (Å²) < 4.78 is 1.05. The van der Waals surface area contributed by atoms with E-state index in [1.54, 1.807) is 18.2 Å². The Hall–Kier alpha value is -2.86. The van der Waals surface area contributed by atoms with Crippen molar-refractivity contribution in [3.63, 3.8) is 0 Å². The molecule has 0 spiro atoms. The molecule has 0 bridgehead atoms. The molecular formula is C18H14IN3O3. The first-order valence-electron chi connectivity index (χ1n) is 7.18. The van der Waals surface area contributed by atoms with Crippen LogP contribution in [0.4, 0.5) is 11.4 Å². The maximum absolute atomic E-state index is 12.2. The number of carbonyl (C=O) groups excluding carboxylic acids is 1. The Morgan fingerprint density at radius 3 is 2.44 bits per heavy atom. The first-order chi connectivity index (χ1) is 11.9. The van der Waals surface area contributed by atoms with Crippen LogP contribution in [0.25, 0.3) is 0 Å². The van der Waals surface area contributed by atoms with Gasteiger partial charge in [0.15, 0.2) is 0 Å². The van der Waals surface area contributed by atoms with Crippen LogP contribution >= 0.6 is 22.6 Å². The predicted octanol–water partition coefficient (Wildman–Crippen LogP) is 3.76. The van der Waals surface area contributed by atoms with Crippen LogP contribution in [0.2, 0.25) is 0 Å². The molecule has 0 aromatic heterocycles. The Morgan fingerprint density at radius 1 is 1.20 bits per heavy atom. The molecule has 7 heteroatoms. The van der Waals surface area contributed by atoms with Gasteiger partial charge in [0.1, 0.15) is 11.6 Å². The van der Waals surface area contributed by atoms with Gasteiger partial charge in [0, 0.05) is 21.1 Å². The van der Waals surface area contributed by atoms with E-state index in [2.05, 4.69) is 33.2 Å². The minimum Gasteiger partial charge on any atom is -0.478 e. The van der Waals surface area contributed by atoms with Crippen LogP contribution in [0.1, 0.15) is 15.9 Å². The lowest BCUT2D eigenvalue weighted by Crippen LogP contribution is -2.15. The number of anilines is 2. The van der Waals surface area contributed by atoms with Crippen LogP contribution in [0.5, 0.6) is 0 Å². The smallest absolute Gasteiger partial charge is 0.335 e. The third kappa shape index (κ3) is 5.06. The lowest BCUT2D eigenvalue weighted by atomic mass is 10.2. The Labute approximate surface area is 158 Å². The number of nitrogens with one attached hydrogen (secondary N) is 2.